The molecule has 1 amide bonds. The van der Waals surface area contributed by atoms with Gasteiger partial charge in [-0.25, -0.2) is 8.42 Å². The van der Waals surface area contributed by atoms with Crippen LogP contribution in [0.2, 0.25) is 0 Å². The van der Waals surface area contributed by atoms with E-state index >= 15 is 0 Å². The zero-order valence-corrected chi connectivity index (χ0v) is 16.5. The summed E-state index contributed by atoms with van der Waals surface area (Å²) in [5, 5.41) is 11.6. The van der Waals surface area contributed by atoms with Crippen LogP contribution in [0.25, 0.3) is 0 Å². The smallest absolute Gasteiger partial charge is 0.317 e. The van der Waals surface area contributed by atoms with Crippen LogP contribution in [0.1, 0.15) is 33.1 Å². The summed E-state index contributed by atoms with van der Waals surface area (Å²) in [6, 6.07) is 6.23. The van der Waals surface area contributed by atoms with E-state index in [1.807, 2.05) is 13.8 Å². The van der Waals surface area contributed by atoms with Crippen LogP contribution in [0, 0.1) is 0 Å². The van der Waals surface area contributed by atoms with Gasteiger partial charge in [0.1, 0.15) is 0 Å². The molecule has 27 heavy (non-hydrogen) atoms. The summed E-state index contributed by atoms with van der Waals surface area (Å²) in [5.74, 6) is -1.23. The first kappa shape index (κ1) is 21.3. The molecule has 2 rings (SSSR count). The number of nitrogens with zero attached hydrogens (tertiary/aromatic N) is 2. The topological polar surface area (TPSA) is 107 Å². The van der Waals surface area contributed by atoms with Gasteiger partial charge in [-0.3, -0.25) is 14.5 Å². The lowest BCUT2D eigenvalue weighted by atomic mass is 10.2. The number of carbonyl (C=O) groups excluding carboxylic acids is 1. The number of hydrogen-bond donors (Lipinski definition) is 2. The average molecular weight is 397 g/mol. The Hall–Kier alpha value is -1.97. The number of benzene rings is 1. The van der Waals surface area contributed by atoms with Gasteiger partial charge in [0.05, 0.1) is 11.4 Å². The summed E-state index contributed by atoms with van der Waals surface area (Å²) >= 11 is 0. The number of aliphatic carboxylic acids is 1. The Morgan fingerprint density at radius 3 is 2.52 bits per heavy atom. The van der Waals surface area contributed by atoms with Crippen LogP contribution in [0.15, 0.2) is 29.2 Å². The van der Waals surface area contributed by atoms with E-state index in [1.54, 1.807) is 17.0 Å². The maximum absolute atomic E-state index is 12.6. The van der Waals surface area contributed by atoms with Gasteiger partial charge in [-0.2, -0.15) is 4.31 Å². The fourth-order valence-electron chi connectivity index (χ4n) is 2.97. The second kappa shape index (κ2) is 9.29. The maximum Gasteiger partial charge on any atom is 0.317 e. The number of sulfonamides is 1. The van der Waals surface area contributed by atoms with E-state index in [0.29, 0.717) is 25.3 Å². The molecule has 0 spiro atoms. The number of hydrogen-bond acceptors (Lipinski definition) is 5. The van der Waals surface area contributed by atoms with Crippen LogP contribution in [0.4, 0.5) is 5.69 Å². The Kier molecular flexibility index (Phi) is 7.34. The standard InChI is InChI=1S/C18H27N3O5S/c1-14(2)20(13-18(23)24)11-8-17(22)19-15-6-5-7-16(12-15)27(25,26)21-9-3-4-10-21/h5-7,12,14H,3-4,8-11,13H2,1-2H3,(H,19,22)(H,23,24). The predicted molar refractivity (Wildman–Crippen MR) is 102 cm³/mol. The quantitative estimate of drug-likeness (QED) is 0.655. The van der Waals surface area contributed by atoms with E-state index in [9.17, 15) is 18.0 Å². The van der Waals surface area contributed by atoms with E-state index < -0.39 is 16.0 Å². The van der Waals surface area contributed by atoms with Gasteiger partial charge in [-0.05, 0) is 44.9 Å². The highest BCUT2D eigenvalue weighted by atomic mass is 32.2. The Balaban J connectivity index is 1.99. The van der Waals surface area contributed by atoms with E-state index in [-0.39, 0.29) is 29.8 Å². The van der Waals surface area contributed by atoms with Crippen LogP contribution in [0.3, 0.4) is 0 Å². The second-order valence-corrected chi connectivity index (χ2v) is 8.83. The number of rotatable bonds is 9. The highest BCUT2D eigenvalue weighted by Gasteiger charge is 2.27. The molecule has 1 heterocycles. The monoisotopic (exact) mass is 397 g/mol. The first-order valence-corrected chi connectivity index (χ1v) is 10.5. The molecule has 1 aromatic carbocycles. The van der Waals surface area contributed by atoms with Crippen molar-refractivity contribution in [2.24, 2.45) is 0 Å². The summed E-state index contributed by atoms with van der Waals surface area (Å²) in [6.45, 7) is 4.96. The van der Waals surface area contributed by atoms with Crippen molar-refractivity contribution in [2.75, 3.05) is 31.5 Å². The lowest BCUT2D eigenvalue weighted by Gasteiger charge is -2.24. The molecule has 0 radical (unpaired) electrons. The minimum Gasteiger partial charge on any atom is -0.480 e. The van der Waals surface area contributed by atoms with E-state index in [4.69, 9.17) is 5.11 Å². The normalized spacial score (nSPS) is 15.4. The SMILES string of the molecule is CC(C)N(CCC(=O)Nc1cccc(S(=O)(=O)N2CCCC2)c1)CC(=O)O. The summed E-state index contributed by atoms with van der Waals surface area (Å²) in [5.41, 5.74) is 0.412. The minimum absolute atomic E-state index is 0.00262. The third kappa shape index (κ3) is 6.02. The predicted octanol–water partition coefficient (Wildman–Crippen LogP) is 1.59. The van der Waals surface area contributed by atoms with Crippen LogP contribution >= 0.6 is 0 Å². The Bertz CT molecular complexity index is 773. The molecule has 150 valence electrons. The summed E-state index contributed by atoms with van der Waals surface area (Å²) in [6.07, 6.45) is 1.84. The molecule has 0 bridgehead atoms. The fraction of sp³-hybridized carbons (Fsp3) is 0.556. The lowest BCUT2D eigenvalue weighted by molar-refractivity contribution is -0.139. The Morgan fingerprint density at radius 1 is 1.26 bits per heavy atom. The molecule has 0 unspecified atom stereocenters. The molecule has 0 aromatic heterocycles. The zero-order chi connectivity index (χ0) is 20.0. The summed E-state index contributed by atoms with van der Waals surface area (Å²) in [7, 11) is -3.54. The Morgan fingerprint density at radius 2 is 1.93 bits per heavy atom. The third-order valence-corrected chi connectivity index (χ3v) is 6.41. The van der Waals surface area contributed by atoms with E-state index in [2.05, 4.69) is 5.32 Å². The maximum atomic E-state index is 12.6. The van der Waals surface area contributed by atoms with Crippen molar-refractivity contribution in [1.82, 2.24) is 9.21 Å². The van der Waals surface area contributed by atoms with Crippen LogP contribution in [0.5, 0.6) is 0 Å². The van der Waals surface area contributed by atoms with Gasteiger partial charge in [0.25, 0.3) is 0 Å². The van der Waals surface area contributed by atoms with Gasteiger partial charge < -0.3 is 10.4 Å². The average Bonchev–Trinajstić information content (AvgIpc) is 3.13. The molecule has 8 nitrogen and oxygen atoms in total. The van der Waals surface area contributed by atoms with Crippen molar-refractivity contribution in [3.63, 3.8) is 0 Å². The van der Waals surface area contributed by atoms with Crippen LogP contribution < -0.4 is 5.32 Å². The first-order valence-electron chi connectivity index (χ1n) is 9.06. The number of carboxylic acid groups (broad SMARTS) is 1. The van der Waals surface area contributed by atoms with E-state index in [1.165, 1.54) is 16.4 Å². The molecule has 1 aromatic rings. The molecule has 1 aliphatic heterocycles. The van der Waals surface area contributed by atoms with E-state index in [0.717, 1.165) is 12.8 Å². The number of anilines is 1. The van der Waals surface area contributed by atoms with Crippen molar-refractivity contribution < 1.29 is 23.1 Å². The summed E-state index contributed by atoms with van der Waals surface area (Å²) < 4.78 is 26.7. The van der Waals surface area contributed by atoms with Gasteiger partial charge in [0, 0.05) is 37.8 Å². The number of carbonyl (C=O) groups is 2. The lowest BCUT2D eigenvalue weighted by Crippen LogP contribution is -2.37. The van der Waals surface area contributed by atoms with Gasteiger partial charge in [0.2, 0.25) is 15.9 Å². The fourth-order valence-corrected chi connectivity index (χ4v) is 4.54. The first-order chi connectivity index (χ1) is 12.7. The highest BCUT2D eigenvalue weighted by molar-refractivity contribution is 7.89. The molecule has 0 aliphatic carbocycles. The van der Waals surface area contributed by atoms with Gasteiger partial charge in [-0.15, -0.1) is 0 Å². The molecule has 1 saturated heterocycles. The number of amides is 1. The van der Waals surface area contributed by atoms with Gasteiger partial charge in [-0.1, -0.05) is 6.07 Å². The highest BCUT2D eigenvalue weighted by Crippen LogP contribution is 2.23. The molecular weight excluding hydrogens is 370 g/mol. The molecular formula is C18H27N3O5S. The van der Waals surface area contributed by atoms with Crippen molar-refractivity contribution in [1.29, 1.82) is 0 Å². The molecule has 1 aliphatic rings. The number of carboxylic acids is 1. The van der Waals surface area contributed by atoms with Gasteiger partial charge >= 0.3 is 5.97 Å². The van der Waals surface area contributed by atoms with Crippen molar-refractivity contribution in [3.05, 3.63) is 24.3 Å². The van der Waals surface area contributed by atoms with Crippen molar-refractivity contribution >= 4 is 27.6 Å². The van der Waals surface area contributed by atoms with Crippen LogP contribution in [-0.4, -0.2) is 66.8 Å². The largest absolute Gasteiger partial charge is 0.480 e. The molecule has 1 fully saturated rings. The second-order valence-electron chi connectivity index (χ2n) is 6.90. The molecule has 2 N–H and O–H groups in total. The zero-order valence-electron chi connectivity index (χ0n) is 15.7. The minimum atomic E-state index is -3.54. The van der Waals surface area contributed by atoms with Crippen molar-refractivity contribution in [3.8, 4) is 0 Å². The van der Waals surface area contributed by atoms with Crippen LogP contribution in [-0.2, 0) is 19.6 Å². The third-order valence-electron chi connectivity index (χ3n) is 4.52. The molecule has 0 atom stereocenters. The summed E-state index contributed by atoms with van der Waals surface area (Å²) in [4.78, 5) is 24.9. The molecule has 9 heteroatoms. The van der Waals surface area contributed by atoms with Gasteiger partial charge in [0.15, 0.2) is 0 Å². The number of nitrogens with one attached hydrogen (secondary N) is 1. The van der Waals surface area contributed by atoms with Crippen molar-refractivity contribution in [2.45, 2.75) is 44.0 Å². The molecule has 0 saturated carbocycles. The Labute approximate surface area is 160 Å².